The van der Waals surface area contributed by atoms with Gasteiger partial charge in [-0.15, -0.1) is 0 Å². The molecule has 0 unspecified atom stereocenters. The van der Waals surface area contributed by atoms with Gasteiger partial charge in [-0.1, -0.05) is 17.3 Å². The number of hydrogen-bond acceptors (Lipinski definition) is 8. The van der Waals surface area contributed by atoms with Gasteiger partial charge in [0.25, 0.3) is 5.56 Å². The van der Waals surface area contributed by atoms with Gasteiger partial charge in [0.2, 0.25) is 5.71 Å². The van der Waals surface area contributed by atoms with Gasteiger partial charge in [0.15, 0.2) is 5.82 Å². The number of allylic oxidation sites excluding steroid dienone is 4. The standard InChI is InChI=1S/C20H16FN5O5/c1-2-3-4-11(21)5-7-26-14(12-6-8-30-25-12)9-13(24-26)18-22-19(29)17-15(27)10-16(28)31-20(17)23-18/h2-4,6,8-10,27H,5,7H2,1H3,(H,22,23,29)/b3-2-,11-4+. The van der Waals surface area contributed by atoms with Crippen LogP contribution in [0.1, 0.15) is 13.3 Å². The summed E-state index contributed by atoms with van der Waals surface area (Å²) in [5, 5.41) is 17.9. The second-order valence-corrected chi connectivity index (χ2v) is 6.46. The minimum atomic E-state index is -0.855. The highest BCUT2D eigenvalue weighted by Gasteiger charge is 2.18. The Balaban J connectivity index is 1.79. The molecule has 0 aliphatic carbocycles. The van der Waals surface area contributed by atoms with E-state index in [1.54, 1.807) is 31.2 Å². The van der Waals surface area contributed by atoms with E-state index in [-0.39, 0.29) is 41.4 Å². The quantitative estimate of drug-likeness (QED) is 0.449. The van der Waals surface area contributed by atoms with E-state index in [0.717, 1.165) is 6.07 Å². The normalized spacial score (nSPS) is 12.3. The van der Waals surface area contributed by atoms with Crippen LogP contribution in [-0.4, -0.2) is 30.0 Å². The van der Waals surface area contributed by atoms with Crippen LogP contribution in [0.4, 0.5) is 4.39 Å². The molecular formula is C20H16FN5O5. The summed E-state index contributed by atoms with van der Waals surface area (Å²) in [4.78, 5) is 30.5. The van der Waals surface area contributed by atoms with Crippen LogP contribution in [-0.2, 0) is 6.54 Å². The minimum absolute atomic E-state index is 0.000301. The Kier molecular flexibility index (Phi) is 5.31. The van der Waals surface area contributed by atoms with Crippen molar-refractivity contribution in [2.75, 3.05) is 0 Å². The third-order valence-electron chi connectivity index (χ3n) is 4.35. The van der Waals surface area contributed by atoms with Crippen LogP contribution in [0.3, 0.4) is 0 Å². The summed E-state index contributed by atoms with van der Waals surface area (Å²) in [5.74, 6) is -0.876. The van der Waals surface area contributed by atoms with Crippen molar-refractivity contribution < 1.29 is 18.4 Å². The van der Waals surface area contributed by atoms with Gasteiger partial charge in [-0.3, -0.25) is 9.48 Å². The fourth-order valence-electron chi connectivity index (χ4n) is 2.93. The molecule has 0 bridgehead atoms. The molecule has 4 aromatic rings. The lowest BCUT2D eigenvalue weighted by Gasteiger charge is -2.04. The largest absolute Gasteiger partial charge is 0.507 e. The molecule has 2 N–H and O–H groups in total. The van der Waals surface area contributed by atoms with E-state index in [1.165, 1.54) is 17.0 Å². The number of nitrogens with zero attached hydrogens (tertiary/aromatic N) is 4. The van der Waals surface area contributed by atoms with Crippen molar-refractivity contribution in [1.29, 1.82) is 0 Å². The molecule has 11 heteroatoms. The SMILES string of the molecule is C/C=C\C=C(\F)CCn1nc(-c2nc3oc(=O)cc(O)c3c(=O)[nH]2)cc1-c1ccon1. The number of H-pyrrole nitrogens is 1. The summed E-state index contributed by atoms with van der Waals surface area (Å²) in [6.07, 6.45) is 6.11. The number of hydrogen-bond donors (Lipinski definition) is 2. The monoisotopic (exact) mass is 425 g/mol. The van der Waals surface area contributed by atoms with E-state index in [9.17, 15) is 19.1 Å². The van der Waals surface area contributed by atoms with Crippen molar-refractivity contribution in [3.05, 3.63) is 69.3 Å². The molecule has 31 heavy (non-hydrogen) atoms. The molecule has 0 aliphatic heterocycles. The van der Waals surface area contributed by atoms with Crippen LogP contribution in [0.15, 0.2) is 67.0 Å². The summed E-state index contributed by atoms with van der Waals surface area (Å²) in [6.45, 7) is 1.96. The molecule has 158 valence electrons. The van der Waals surface area contributed by atoms with Gasteiger partial charge in [-0.25, -0.2) is 9.18 Å². The Morgan fingerprint density at radius 2 is 2.16 bits per heavy atom. The molecule has 0 fully saturated rings. The van der Waals surface area contributed by atoms with Crippen molar-refractivity contribution in [1.82, 2.24) is 24.9 Å². The molecular weight excluding hydrogens is 409 g/mol. The smallest absolute Gasteiger partial charge is 0.341 e. The van der Waals surface area contributed by atoms with Gasteiger partial charge in [-0.2, -0.15) is 10.1 Å². The van der Waals surface area contributed by atoms with E-state index in [1.807, 2.05) is 0 Å². The average Bonchev–Trinajstić information content (AvgIpc) is 3.39. The predicted molar refractivity (Wildman–Crippen MR) is 108 cm³/mol. The Bertz CT molecular complexity index is 1410. The Morgan fingerprint density at radius 1 is 1.32 bits per heavy atom. The van der Waals surface area contributed by atoms with Crippen LogP contribution in [0.25, 0.3) is 34.0 Å². The van der Waals surface area contributed by atoms with Crippen LogP contribution in [0, 0.1) is 0 Å². The number of aromatic nitrogens is 5. The number of aromatic hydroxyl groups is 1. The maximum atomic E-state index is 14.0. The summed E-state index contributed by atoms with van der Waals surface area (Å²) < 4.78 is 25.3. The van der Waals surface area contributed by atoms with Crippen LogP contribution >= 0.6 is 0 Å². The van der Waals surface area contributed by atoms with E-state index < -0.39 is 16.9 Å². The average molecular weight is 425 g/mol. The second-order valence-electron chi connectivity index (χ2n) is 6.46. The summed E-state index contributed by atoms with van der Waals surface area (Å²) in [5.41, 5.74) is -0.723. The van der Waals surface area contributed by atoms with Crippen LogP contribution in [0.5, 0.6) is 5.75 Å². The van der Waals surface area contributed by atoms with Crippen molar-refractivity contribution in [2.24, 2.45) is 0 Å². The van der Waals surface area contributed by atoms with E-state index in [4.69, 9.17) is 8.94 Å². The van der Waals surface area contributed by atoms with Crippen molar-refractivity contribution in [2.45, 2.75) is 19.9 Å². The fraction of sp³-hybridized carbons (Fsp3) is 0.150. The first-order valence-electron chi connectivity index (χ1n) is 9.19. The lowest BCUT2D eigenvalue weighted by molar-refractivity contribution is 0.421. The fourth-order valence-corrected chi connectivity index (χ4v) is 2.93. The maximum absolute atomic E-state index is 14.0. The number of fused-ring (bicyclic) bond motifs is 1. The number of halogens is 1. The first kappa shape index (κ1) is 20.0. The Labute approximate surface area is 173 Å². The van der Waals surface area contributed by atoms with Crippen molar-refractivity contribution >= 4 is 11.1 Å². The highest BCUT2D eigenvalue weighted by Crippen LogP contribution is 2.25. The zero-order valence-corrected chi connectivity index (χ0v) is 16.2. The molecule has 0 aromatic carbocycles. The van der Waals surface area contributed by atoms with E-state index in [2.05, 4.69) is 20.2 Å². The zero-order valence-electron chi connectivity index (χ0n) is 16.2. The molecule has 4 heterocycles. The Morgan fingerprint density at radius 3 is 2.90 bits per heavy atom. The van der Waals surface area contributed by atoms with Gasteiger partial charge >= 0.3 is 5.63 Å². The van der Waals surface area contributed by atoms with Gasteiger partial charge in [0.1, 0.15) is 34.6 Å². The molecule has 10 nitrogen and oxygen atoms in total. The minimum Gasteiger partial charge on any atom is -0.507 e. The number of aryl methyl sites for hydroxylation is 1. The van der Waals surface area contributed by atoms with Gasteiger partial charge in [0.05, 0.1) is 11.8 Å². The highest BCUT2D eigenvalue weighted by atomic mass is 19.1. The first-order valence-corrected chi connectivity index (χ1v) is 9.19. The van der Waals surface area contributed by atoms with E-state index >= 15 is 0 Å². The van der Waals surface area contributed by atoms with Gasteiger partial charge in [-0.05, 0) is 19.1 Å². The molecule has 0 atom stereocenters. The molecule has 4 aromatic heterocycles. The molecule has 0 aliphatic rings. The molecule has 0 saturated carbocycles. The summed E-state index contributed by atoms with van der Waals surface area (Å²) in [7, 11) is 0. The van der Waals surface area contributed by atoms with Crippen molar-refractivity contribution in [3.63, 3.8) is 0 Å². The predicted octanol–water partition coefficient (Wildman–Crippen LogP) is 2.92. The maximum Gasteiger partial charge on any atom is 0.341 e. The van der Waals surface area contributed by atoms with Crippen LogP contribution in [0.2, 0.25) is 0 Å². The van der Waals surface area contributed by atoms with Gasteiger partial charge < -0.3 is 19.0 Å². The summed E-state index contributed by atoms with van der Waals surface area (Å²) in [6, 6.07) is 3.97. The van der Waals surface area contributed by atoms with Gasteiger partial charge in [0, 0.05) is 19.0 Å². The van der Waals surface area contributed by atoms with Crippen LogP contribution < -0.4 is 11.2 Å². The van der Waals surface area contributed by atoms with Crippen molar-refractivity contribution in [3.8, 4) is 28.7 Å². The van der Waals surface area contributed by atoms with E-state index in [0.29, 0.717) is 11.4 Å². The lowest BCUT2D eigenvalue weighted by atomic mass is 10.2. The first-order chi connectivity index (χ1) is 15.0. The lowest BCUT2D eigenvalue weighted by Crippen LogP contribution is -2.12. The number of rotatable bonds is 6. The zero-order chi connectivity index (χ0) is 22.0. The topological polar surface area (TPSA) is 140 Å². The summed E-state index contributed by atoms with van der Waals surface area (Å²) >= 11 is 0. The number of nitrogens with one attached hydrogen (secondary N) is 1. The molecule has 4 rings (SSSR count). The number of aromatic amines is 1. The molecule has 0 spiro atoms. The third-order valence-corrected chi connectivity index (χ3v) is 4.35. The third kappa shape index (κ3) is 4.06. The molecule has 0 saturated heterocycles. The molecule has 0 amide bonds. The highest BCUT2D eigenvalue weighted by molar-refractivity contribution is 5.80. The second kappa shape index (κ2) is 8.22. The molecule has 0 radical (unpaired) electrons. The Hall–Kier alpha value is -4.28.